The first-order valence-electron chi connectivity index (χ1n) is 9.82. The third-order valence-corrected chi connectivity index (χ3v) is 8.22. The molecule has 9 nitrogen and oxygen atoms in total. The Labute approximate surface area is 195 Å². The summed E-state index contributed by atoms with van der Waals surface area (Å²) in [6, 6.07) is 9.72. The zero-order chi connectivity index (χ0) is 22.6. The molecule has 1 aromatic carbocycles. The van der Waals surface area contributed by atoms with E-state index in [4.69, 9.17) is 0 Å². The predicted octanol–water partition coefficient (Wildman–Crippen LogP) is 4.69. The maximum absolute atomic E-state index is 13.1. The van der Waals surface area contributed by atoms with Crippen LogP contribution in [0.2, 0.25) is 0 Å². The van der Waals surface area contributed by atoms with Crippen LogP contribution in [0.1, 0.15) is 30.6 Å². The average Bonchev–Trinajstić information content (AvgIpc) is 3.54. The molecule has 0 atom stereocenters. The SMILES string of the molecule is O=C(CSc1nnc(NC(=O)C2(c3cccs3)CCCC2)s1)Nc1cccc([N+](=O)[O-])c1. The molecule has 0 saturated heterocycles. The summed E-state index contributed by atoms with van der Waals surface area (Å²) >= 11 is 4.00. The van der Waals surface area contributed by atoms with E-state index in [9.17, 15) is 19.7 Å². The van der Waals surface area contributed by atoms with E-state index in [0.717, 1.165) is 30.6 Å². The van der Waals surface area contributed by atoms with Gasteiger partial charge in [-0.2, -0.15) is 0 Å². The van der Waals surface area contributed by atoms with Crippen LogP contribution in [0.25, 0.3) is 0 Å². The van der Waals surface area contributed by atoms with Gasteiger partial charge in [0.2, 0.25) is 16.9 Å². The smallest absolute Gasteiger partial charge is 0.271 e. The number of carbonyl (C=O) groups excluding carboxylic acids is 2. The van der Waals surface area contributed by atoms with E-state index >= 15 is 0 Å². The zero-order valence-corrected chi connectivity index (χ0v) is 19.2. The lowest BCUT2D eigenvalue weighted by atomic mass is 9.83. The molecule has 0 unspecified atom stereocenters. The Hall–Kier alpha value is -2.83. The van der Waals surface area contributed by atoms with Crippen LogP contribution < -0.4 is 10.6 Å². The normalized spacial score (nSPS) is 14.8. The highest BCUT2D eigenvalue weighted by Crippen LogP contribution is 2.44. The van der Waals surface area contributed by atoms with Crippen LogP contribution in [0.5, 0.6) is 0 Å². The minimum absolute atomic E-state index is 0.0599. The van der Waals surface area contributed by atoms with Crippen LogP contribution in [0.15, 0.2) is 46.1 Å². The molecule has 0 aliphatic heterocycles. The highest BCUT2D eigenvalue weighted by Gasteiger charge is 2.43. The number of nitro groups is 1. The molecular weight excluding hydrogens is 470 g/mol. The number of hydrogen-bond acceptors (Lipinski definition) is 9. The molecule has 32 heavy (non-hydrogen) atoms. The first-order valence-corrected chi connectivity index (χ1v) is 12.5. The number of thiophene rings is 1. The number of hydrogen-bond donors (Lipinski definition) is 2. The second kappa shape index (κ2) is 9.76. The van der Waals surface area contributed by atoms with Gasteiger partial charge < -0.3 is 5.32 Å². The first kappa shape index (κ1) is 22.4. The Kier molecular flexibility index (Phi) is 6.82. The third kappa shape index (κ3) is 4.97. The Morgan fingerprint density at radius 1 is 1.16 bits per heavy atom. The van der Waals surface area contributed by atoms with Crippen molar-refractivity contribution < 1.29 is 14.5 Å². The number of rotatable bonds is 8. The number of anilines is 2. The molecule has 1 aliphatic rings. The molecule has 2 aromatic heterocycles. The average molecular weight is 490 g/mol. The summed E-state index contributed by atoms with van der Waals surface area (Å²) in [7, 11) is 0. The molecule has 2 heterocycles. The molecular formula is C20H19N5O4S3. The van der Waals surface area contributed by atoms with E-state index in [-0.39, 0.29) is 23.3 Å². The number of thioether (sulfide) groups is 1. The molecule has 2 amide bonds. The van der Waals surface area contributed by atoms with Gasteiger partial charge in [-0.3, -0.25) is 25.0 Å². The van der Waals surface area contributed by atoms with Gasteiger partial charge in [-0.05, 0) is 30.4 Å². The summed E-state index contributed by atoms with van der Waals surface area (Å²) < 4.78 is 0.547. The lowest BCUT2D eigenvalue weighted by Crippen LogP contribution is -2.37. The minimum atomic E-state index is -0.518. The number of benzene rings is 1. The van der Waals surface area contributed by atoms with E-state index in [1.807, 2.05) is 17.5 Å². The number of amides is 2. The summed E-state index contributed by atoms with van der Waals surface area (Å²) in [6.45, 7) is 0. The Bertz CT molecular complexity index is 1130. The fraction of sp³-hybridized carbons (Fsp3) is 0.300. The summed E-state index contributed by atoms with van der Waals surface area (Å²) in [5.41, 5.74) is -0.251. The zero-order valence-electron chi connectivity index (χ0n) is 16.8. The first-order chi connectivity index (χ1) is 15.5. The molecule has 12 heteroatoms. The lowest BCUT2D eigenvalue weighted by Gasteiger charge is -2.25. The number of aromatic nitrogens is 2. The standard InChI is InChI=1S/C20H19N5O4S3/c26-16(21-13-5-3-6-14(11-13)25(28)29)12-31-19-24-23-18(32-19)22-17(27)20(8-1-2-9-20)15-7-4-10-30-15/h3-7,10-11H,1-2,8-9,12H2,(H,21,26)(H,22,23,27). The van der Waals surface area contributed by atoms with Crippen molar-refractivity contribution in [1.29, 1.82) is 0 Å². The van der Waals surface area contributed by atoms with E-state index in [2.05, 4.69) is 20.8 Å². The second-order valence-electron chi connectivity index (χ2n) is 7.24. The number of carbonyl (C=O) groups is 2. The van der Waals surface area contributed by atoms with Gasteiger partial charge in [0.05, 0.1) is 16.1 Å². The molecule has 4 rings (SSSR count). The van der Waals surface area contributed by atoms with E-state index in [1.165, 1.54) is 41.3 Å². The number of non-ortho nitro benzene ring substituents is 1. The van der Waals surface area contributed by atoms with Crippen LogP contribution >= 0.6 is 34.4 Å². The van der Waals surface area contributed by atoms with Gasteiger partial charge in [0.1, 0.15) is 0 Å². The number of nitrogens with zero attached hydrogens (tertiary/aromatic N) is 3. The van der Waals surface area contributed by atoms with Gasteiger partial charge in [-0.1, -0.05) is 48.1 Å². The summed E-state index contributed by atoms with van der Waals surface area (Å²) in [6.07, 6.45) is 3.67. The summed E-state index contributed by atoms with van der Waals surface area (Å²) in [5, 5.41) is 26.9. The molecule has 0 spiro atoms. The van der Waals surface area contributed by atoms with Crippen molar-refractivity contribution >= 4 is 62.8 Å². The molecule has 2 N–H and O–H groups in total. The van der Waals surface area contributed by atoms with Crippen molar-refractivity contribution in [2.45, 2.75) is 35.4 Å². The molecule has 1 aliphatic carbocycles. The molecule has 166 valence electrons. The Balaban J connectivity index is 1.33. The van der Waals surface area contributed by atoms with Crippen molar-refractivity contribution in [3.8, 4) is 0 Å². The Morgan fingerprint density at radius 2 is 1.97 bits per heavy atom. The topological polar surface area (TPSA) is 127 Å². The fourth-order valence-corrected chi connectivity index (χ4v) is 6.20. The second-order valence-corrected chi connectivity index (χ2v) is 10.4. The summed E-state index contributed by atoms with van der Waals surface area (Å²) in [4.78, 5) is 36.7. The van der Waals surface area contributed by atoms with E-state index < -0.39 is 10.3 Å². The van der Waals surface area contributed by atoms with Crippen molar-refractivity contribution in [2.75, 3.05) is 16.4 Å². The largest absolute Gasteiger partial charge is 0.325 e. The van der Waals surface area contributed by atoms with Crippen LogP contribution in [-0.2, 0) is 15.0 Å². The van der Waals surface area contributed by atoms with Crippen LogP contribution in [0, 0.1) is 10.1 Å². The highest BCUT2D eigenvalue weighted by molar-refractivity contribution is 8.01. The maximum atomic E-state index is 13.1. The van der Waals surface area contributed by atoms with Crippen molar-refractivity contribution in [1.82, 2.24) is 10.2 Å². The van der Waals surface area contributed by atoms with Crippen LogP contribution in [0.4, 0.5) is 16.5 Å². The van der Waals surface area contributed by atoms with Crippen LogP contribution in [-0.4, -0.2) is 32.7 Å². The molecule has 3 aromatic rings. The molecule has 1 fully saturated rings. The van der Waals surface area contributed by atoms with Gasteiger partial charge >= 0.3 is 0 Å². The quantitative estimate of drug-likeness (QED) is 0.203. The van der Waals surface area contributed by atoms with Gasteiger partial charge in [0, 0.05) is 22.7 Å². The van der Waals surface area contributed by atoms with Crippen molar-refractivity contribution in [3.05, 3.63) is 56.8 Å². The predicted molar refractivity (Wildman–Crippen MR) is 125 cm³/mol. The summed E-state index contributed by atoms with van der Waals surface area (Å²) in [5.74, 6) is -0.322. The number of nitrogens with one attached hydrogen (secondary N) is 2. The number of nitro benzene ring substituents is 1. The molecule has 0 radical (unpaired) electrons. The highest BCUT2D eigenvalue weighted by atomic mass is 32.2. The van der Waals surface area contributed by atoms with E-state index in [0.29, 0.717) is 15.2 Å². The third-order valence-electron chi connectivity index (χ3n) is 5.18. The fourth-order valence-electron chi connectivity index (χ4n) is 3.67. The molecule has 0 bridgehead atoms. The van der Waals surface area contributed by atoms with Crippen molar-refractivity contribution in [3.63, 3.8) is 0 Å². The van der Waals surface area contributed by atoms with Crippen LogP contribution in [0.3, 0.4) is 0 Å². The van der Waals surface area contributed by atoms with Gasteiger partial charge in [-0.25, -0.2) is 0 Å². The maximum Gasteiger partial charge on any atom is 0.271 e. The van der Waals surface area contributed by atoms with Gasteiger partial charge in [-0.15, -0.1) is 21.5 Å². The minimum Gasteiger partial charge on any atom is -0.325 e. The lowest BCUT2D eigenvalue weighted by molar-refractivity contribution is -0.384. The van der Waals surface area contributed by atoms with E-state index in [1.54, 1.807) is 17.4 Å². The molecule has 1 saturated carbocycles. The van der Waals surface area contributed by atoms with Crippen molar-refractivity contribution in [2.24, 2.45) is 0 Å². The monoisotopic (exact) mass is 489 g/mol. The van der Waals surface area contributed by atoms with Gasteiger partial charge in [0.25, 0.3) is 5.69 Å². The Morgan fingerprint density at radius 3 is 2.69 bits per heavy atom. The van der Waals surface area contributed by atoms with Gasteiger partial charge in [0.15, 0.2) is 4.34 Å².